The molecule has 0 radical (unpaired) electrons. The molecule has 0 bridgehead atoms. The van der Waals surface area contributed by atoms with Gasteiger partial charge in [0, 0.05) is 26.0 Å². The molecule has 1 aliphatic heterocycles. The number of piperidine rings is 1. The van der Waals surface area contributed by atoms with Gasteiger partial charge in [-0.05, 0) is 12.1 Å². The maximum atomic E-state index is 14.6. The molecule has 0 saturated carbocycles. The second kappa shape index (κ2) is 8.01. The SMILES string of the molecule is Cn1c(C(F)(F)F)cc(=O)n(-c2cc(N3C(=O)CC(C(F)(F)F)CC3=O)c(Cl)cc2F)c1=O. The van der Waals surface area contributed by atoms with Crippen LogP contribution in [0.4, 0.5) is 36.4 Å². The van der Waals surface area contributed by atoms with Crippen molar-refractivity contribution in [3.05, 3.63) is 55.6 Å². The molecule has 0 N–H and O–H groups in total. The molecule has 1 aromatic carbocycles. The summed E-state index contributed by atoms with van der Waals surface area (Å²) in [5, 5.41) is -0.625. The van der Waals surface area contributed by atoms with E-state index in [1.54, 1.807) is 0 Å². The lowest BCUT2D eigenvalue weighted by Crippen LogP contribution is -2.47. The van der Waals surface area contributed by atoms with Crippen LogP contribution in [0.3, 0.4) is 0 Å². The first-order valence-corrected chi connectivity index (χ1v) is 9.24. The zero-order chi connectivity index (χ0) is 25.0. The summed E-state index contributed by atoms with van der Waals surface area (Å²) in [6.07, 6.45) is -12.2. The highest BCUT2D eigenvalue weighted by molar-refractivity contribution is 6.35. The summed E-state index contributed by atoms with van der Waals surface area (Å²) >= 11 is 5.85. The molecule has 1 aliphatic rings. The Labute approximate surface area is 183 Å². The minimum absolute atomic E-state index is 0.00180. The molecular formula is C18H11ClF7N3O4. The molecule has 1 fully saturated rings. The summed E-state index contributed by atoms with van der Waals surface area (Å²) in [4.78, 5) is 49.5. The van der Waals surface area contributed by atoms with Crippen LogP contribution < -0.4 is 16.1 Å². The van der Waals surface area contributed by atoms with Crippen LogP contribution in [0.15, 0.2) is 27.8 Å². The van der Waals surface area contributed by atoms with E-state index in [1.165, 1.54) is 0 Å². The zero-order valence-corrected chi connectivity index (χ0v) is 17.0. The number of amides is 2. The van der Waals surface area contributed by atoms with E-state index in [0.29, 0.717) is 19.2 Å². The Kier molecular flexibility index (Phi) is 5.94. The van der Waals surface area contributed by atoms with E-state index in [0.717, 1.165) is 0 Å². The van der Waals surface area contributed by atoms with Crippen molar-refractivity contribution in [1.82, 2.24) is 9.13 Å². The van der Waals surface area contributed by atoms with Gasteiger partial charge in [0.15, 0.2) is 0 Å². The smallest absolute Gasteiger partial charge is 0.292 e. The molecular weight excluding hydrogens is 491 g/mol. The number of nitrogens with zero attached hydrogens (tertiary/aromatic N) is 3. The molecule has 33 heavy (non-hydrogen) atoms. The molecule has 0 spiro atoms. The Bertz CT molecular complexity index is 1260. The summed E-state index contributed by atoms with van der Waals surface area (Å²) in [7, 11) is 0.671. The van der Waals surface area contributed by atoms with Crippen LogP contribution in [-0.4, -0.2) is 27.1 Å². The number of hydrogen-bond donors (Lipinski definition) is 0. The van der Waals surface area contributed by atoms with Gasteiger partial charge in [-0.25, -0.2) is 18.7 Å². The monoisotopic (exact) mass is 501 g/mol. The van der Waals surface area contributed by atoms with Gasteiger partial charge in [-0.2, -0.15) is 26.3 Å². The predicted molar refractivity (Wildman–Crippen MR) is 98.5 cm³/mol. The third-order valence-corrected chi connectivity index (χ3v) is 5.22. The van der Waals surface area contributed by atoms with E-state index in [4.69, 9.17) is 11.6 Å². The first-order chi connectivity index (χ1) is 15.0. The van der Waals surface area contributed by atoms with Gasteiger partial charge >= 0.3 is 18.0 Å². The van der Waals surface area contributed by atoms with Crippen LogP contribution in [0.25, 0.3) is 5.69 Å². The number of halogens is 8. The van der Waals surface area contributed by atoms with Gasteiger partial charge in [0.25, 0.3) is 5.56 Å². The normalized spacial score (nSPS) is 16.0. The Morgan fingerprint density at radius 3 is 1.94 bits per heavy atom. The maximum absolute atomic E-state index is 14.6. The van der Waals surface area contributed by atoms with E-state index in [2.05, 4.69) is 0 Å². The van der Waals surface area contributed by atoms with Crippen molar-refractivity contribution in [3.63, 3.8) is 0 Å². The minimum Gasteiger partial charge on any atom is -0.292 e. The van der Waals surface area contributed by atoms with Crippen LogP contribution in [0, 0.1) is 11.7 Å². The molecule has 2 amide bonds. The second-order valence-electron chi connectivity index (χ2n) is 7.07. The molecule has 0 aliphatic carbocycles. The van der Waals surface area contributed by atoms with Gasteiger partial charge in [0.1, 0.15) is 11.5 Å². The van der Waals surface area contributed by atoms with Gasteiger partial charge in [-0.3, -0.25) is 19.0 Å². The number of benzene rings is 1. The first-order valence-electron chi connectivity index (χ1n) is 8.86. The zero-order valence-electron chi connectivity index (χ0n) is 16.2. The fraction of sp³-hybridized carbons (Fsp3) is 0.333. The highest BCUT2D eigenvalue weighted by Gasteiger charge is 2.48. The average Bonchev–Trinajstić information content (AvgIpc) is 2.65. The van der Waals surface area contributed by atoms with Crippen molar-refractivity contribution in [2.75, 3.05) is 4.90 Å². The molecule has 1 saturated heterocycles. The van der Waals surface area contributed by atoms with Crippen LogP contribution in [0.5, 0.6) is 0 Å². The third kappa shape index (κ3) is 4.38. The van der Waals surface area contributed by atoms with Gasteiger partial charge in [0.05, 0.1) is 22.3 Å². The van der Waals surface area contributed by atoms with E-state index < -0.39 is 82.1 Å². The molecule has 2 aromatic rings. The number of aromatic nitrogens is 2. The van der Waals surface area contributed by atoms with E-state index in [1.807, 2.05) is 0 Å². The summed E-state index contributed by atoms with van der Waals surface area (Å²) in [6.45, 7) is 0. The Morgan fingerprint density at radius 2 is 1.45 bits per heavy atom. The molecule has 0 unspecified atom stereocenters. The van der Waals surface area contributed by atoms with Crippen LogP contribution in [0.2, 0.25) is 5.02 Å². The van der Waals surface area contributed by atoms with Crippen molar-refractivity contribution in [2.24, 2.45) is 13.0 Å². The molecule has 0 atom stereocenters. The number of alkyl halides is 6. The summed E-state index contributed by atoms with van der Waals surface area (Å²) < 4.78 is 92.4. The summed E-state index contributed by atoms with van der Waals surface area (Å²) in [5.74, 6) is -6.30. The highest BCUT2D eigenvalue weighted by atomic mass is 35.5. The minimum atomic E-state index is -5.09. The topological polar surface area (TPSA) is 81.4 Å². The molecule has 3 rings (SSSR count). The van der Waals surface area contributed by atoms with Crippen molar-refractivity contribution in [1.29, 1.82) is 0 Å². The fourth-order valence-corrected chi connectivity index (χ4v) is 3.54. The van der Waals surface area contributed by atoms with E-state index >= 15 is 0 Å². The van der Waals surface area contributed by atoms with Gasteiger partial charge < -0.3 is 0 Å². The van der Waals surface area contributed by atoms with E-state index in [9.17, 15) is 49.9 Å². The number of hydrogen-bond acceptors (Lipinski definition) is 4. The molecule has 1 aromatic heterocycles. The standard InChI is InChI=1S/C18H11ClF7N3O4/c1-27-12(18(24,25)26)6-15(32)29(16(27)33)11-5-10(8(19)4-9(11)20)28-13(30)2-7(3-14(28)31)17(21,22)23/h4-7H,2-3H2,1H3. The lowest BCUT2D eigenvalue weighted by molar-refractivity contribution is -0.185. The molecule has 2 heterocycles. The first kappa shape index (κ1) is 24.5. The van der Waals surface area contributed by atoms with Crippen molar-refractivity contribution in [3.8, 4) is 5.69 Å². The number of rotatable bonds is 2. The van der Waals surface area contributed by atoms with Gasteiger partial charge in [0.2, 0.25) is 11.8 Å². The van der Waals surface area contributed by atoms with Crippen molar-refractivity contribution in [2.45, 2.75) is 25.2 Å². The average molecular weight is 502 g/mol. The summed E-state index contributed by atoms with van der Waals surface area (Å²) in [6, 6.07) is 1.05. The van der Waals surface area contributed by atoms with Crippen molar-refractivity contribution < 1.29 is 40.3 Å². The van der Waals surface area contributed by atoms with Gasteiger partial charge in [-0.15, -0.1) is 0 Å². The number of carbonyl (C=O) groups is 2. The molecule has 15 heteroatoms. The molecule has 178 valence electrons. The van der Waals surface area contributed by atoms with Crippen molar-refractivity contribution >= 4 is 29.1 Å². The third-order valence-electron chi connectivity index (χ3n) is 4.91. The van der Waals surface area contributed by atoms with Crippen LogP contribution in [-0.2, 0) is 22.8 Å². The number of imide groups is 1. The Balaban J connectivity index is 2.18. The van der Waals surface area contributed by atoms with Crippen LogP contribution >= 0.6 is 11.6 Å². The largest absolute Gasteiger partial charge is 0.431 e. The second-order valence-corrected chi connectivity index (χ2v) is 7.47. The number of anilines is 1. The summed E-state index contributed by atoms with van der Waals surface area (Å²) in [5.41, 5.74) is -6.44. The van der Waals surface area contributed by atoms with Gasteiger partial charge in [-0.1, -0.05) is 11.6 Å². The fourth-order valence-electron chi connectivity index (χ4n) is 3.30. The molecule has 7 nitrogen and oxygen atoms in total. The maximum Gasteiger partial charge on any atom is 0.431 e. The Hall–Kier alpha value is -3.16. The Morgan fingerprint density at radius 1 is 0.909 bits per heavy atom. The number of carbonyl (C=O) groups excluding carboxylic acids is 2. The highest BCUT2D eigenvalue weighted by Crippen LogP contribution is 2.39. The lowest BCUT2D eigenvalue weighted by atomic mass is 9.94. The van der Waals surface area contributed by atoms with Crippen LogP contribution in [0.1, 0.15) is 18.5 Å². The lowest BCUT2D eigenvalue weighted by Gasteiger charge is -2.31. The quantitative estimate of drug-likeness (QED) is 0.468. The van der Waals surface area contributed by atoms with E-state index in [-0.39, 0.29) is 20.1 Å². The predicted octanol–water partition coefficient (Wildman–Crippen LogP) is 3.18.